The van der Waals surface area contributed by atoms with E-state index in [1.807, 2.05) is 65.6 Å². The van der Waals surface area contributed by atoms with Crippen molar-refractivity contribution in [2.24, 2.45) is 0 Å². The largest absolute Gasteiger partial charge is 0.497 e. The summed E-state index contributed by atoms with van der Waals surface area (Å²) in [6, 6.07) is 21.8. The third-order valence-corrected chi connectivity index (χ3v) is 10.1. The molecule has 0 aromatic heterocycles. The molecule has 2 bridgehead atoms. The lowest BCUT2D eigenvalue weighted by Gasteiger charge is -2.33. The zero-order valence-electron chi connectivity index (χ0n) is 31.8. The van der Waals surface area contributed by atoms with E-state index in [0.717, 1.165) is 16.7 Å². The lowest BCUT2D eigenvalue weighted by Crippen LogP contribution is -2.40. The standard InChI is InChI=1S/C42H52N4O8/c1-29(47)44-22-8-9-23-45(24-10-21-43-41(50)33-12-6-5-7-13-33)42(51)39-36-28-34(37(20-27-53-31(3)49)46(30(2)48)26-11-25-44)16-19-38(36)54-40(39)32-14-17-35(52-4)18-15-32/h5-7,12-19,28,37,39-40H,8-11,20-27H2,1-4H3,(H,43,50). The smallest absolute Gasteiger partial charge is 0.302 e. The van der Waals surface area contributed by atoms with Gasteiger partial charge in [-0.3, -0.25) is 24.0 Å². The third kappa shape index (κ3) is 10.2. The Kier molecular flexibility index (Phi) is 14.1. The van der Waals surface area contributed by atoms with Gasteiger partial charge in [0.2, 0.25) is 17.7 Å². The topological polar surface area (TPSA) is 135 Å². The minimum absolute atomic E-state index is 0.0512. The van der Waals surface area contributed by atoms with E-state index in [2.05, 4.69) is 5.32 Å². The van der Waals surface area contributed by atoms with Crippen LogP contribution in [0.25, 0.3) is 0 Å². The van der Waals surface area contributed by atoms with Gasteiger partial charge in [0.25, 0.3) is 5.91 Å². The summed E-state index contributed by atoms with van der Waals surface area (Å²) in [4.78, 5) is 70.8. The Bertz CT molecular complexity index is 1770. The summed E-state index contributed by atoms with van der Waals surface area (Å²) in [5.74, 6) is -0.352. The summed E-state index contributed by atoms with van der Waals surface area (Å²) >= 11 is 0. The van der Waals surface area contributed by atoms with Crippen molar-refractivity contribution >= 4 is 29.6 Å². The Balaban J connectivity index is 1.52. The molecule has 2 aliphatic heterocycles. The molecule has 3 aromatic rings. The van der Waals surface area contributed by atoms with E-state index < -0.39 is 24.0 Å². The van der Waals surface area contributed by atoms with Crippen LogP contribution in [0.4, 0.5) is 0 Å². The minimum atomic E-state index is -0.714. The molecule has 0 radical (unpaired) electrons. The highest BCUT2D eigenvalue weighted by Gasteiger charge is 2.43. The Hall–Kier alpha value is -5.39. The molecular weight excluding hydrogens is 688 g/mol. The summed E-state index contributed by atoms with van der Waals surface area (Å²) in [5, 5.41) is 2.97. The van der Waals surface area contributed by atoms with Crippen LogP contribution < -0.4 is 14.8 Å². The Labute approximate surface area is 317 Å². The van der Waals surface area contributed by atoms with E-state index in [-0.39, 0.29) is 30.2 Å². The molecule has 12 nitrogen and oxygen atoms in total. The summed E-state index contributed by atoms with van der Waals surface area (Å²) in [7, 11) is 1.60. The zero-order chi connectivity index (χ0) is 38.6. The molecular formula is C42H52N4O8. The average Bonchev–Trinajstić information content (AvgIpc) is 3.55. The fourth-order valence-electron chi connectivity index (χ4n) is 7.31. The summed E-state index contributed by atoms with van der Waals surface area (Å²) in [5.41, 5.74) is 2.89. The highest BCUT2D eigenvalue weighted by Crippen LogP contribution is 2.48. The molecule has 1 N–H and O–H groups in total. The van der Waals surface area contributed by atoms with Crippen molar-refractivity contribution in [1.29, 1.82) is 0 Å². The number of ether oxygens (including phenoxy) is 3. The summed E-state index contributed by atoms with van der Waals surface area (Å²) in [6.07, 6.45) is 2.15. The van der Waals surface area contributed by atoms with Crippen molar-refractivity contribution in [3.63, 3.8) is 0 Å². The van der Waals surface area contributed by atoms with E-state index in [9.17, 15) is 24.0 Å². The van der Waals surface area contributed by atoms with Gasteiger partial charge in [-0.25, -0.2) is 0 Å². The number of amides is 4. The average molecular weight is 741 g/mol. The Morgan fingerprint density at radius 3 is 2.22 bits per heavy atom. The van der Waals surface area contributed by atoms with Crippen LogP contribution in [0.3, 0.4) is 0 Å². The lowest BCUT2D eigenvalue weighted by molar-refractivity contribution is -0.141. The summed E-state index contributed by atoms with van der Waals surface area (Å²) < 4.78 is 17.4. The first-order chi connectivity index (χ1) is 26.1. The van der Waals surface area contributed by atoms with Crippen molar-refractivity contribution in [2.45, 2.75) is 70.9 Å². The predicted molar refractivity (Wildman–Crippen MR) is 203 cm³/mol. The molecule has 0 spiro atoms. The molecule has 0 saturated heterocycles. The van der Waals surface area contributed by atoms with Crippen molar-refractivity contribution in [1.82, 2.24) is 20.0 Å². The first-order valence-electron chi connectivity index (χ1n) is 18.8. The van der Waals surface area contributed by atoms with Gasteiger partial charge in [0.15, 0.2) is 0 Å². The molecule has 12 heteroatoms. The van der Waals surface area contributed by atoms with Gasteiger partial charge < -0.3 is 34.2 Å². The maximum atomic E-state index is 15.0. The number of methoxy groups -OCH3 is 1. The predicted octanol–water partition coefficient (Wildman–Crippen LogP) is 5.44. The number of hydrogen-bond donors (Lipinski definition) is 1. The second-order valence-corrected chi connectivity index (χ2v) is 13.8. The molecule has 2 aliphatic rings. The first kappa shape index (κ1) is 39.8. The molecule has 0 fully saturated rings. The normalized spacial score (nSPS) is 19.1. The molecule has 0 saturated carbocycles. The second kappa shape index (κ2) is 19.1. The van der Waals surface area contributed by atoms with Gasteiger partial charge >= 0.3 is 5.97 Å². The molecule has 0 aliphatic carbocycles. The van der Waals surface area contributed by atoms with Crippen LogP contribution in [0, 0.1) is 0 Å². The van der Waals surface area contributed by atoms with Gasteiger partial charge in [-0.15, -0.1) is 0 Å². The Morgan fingerprint density at radius 1 is 0.833 bits per heavy atom. The number of hydrogen-bond acceptors (Lipinski definition) is 8. The molecule has 3 aromatic carbocycles. The number of carbonyl (C=O) groups is 5. The Morgan fingerprint density at radius 2 is 1.54 bits per heavy atom. The molecule has 5 rings (SSSR count). The van der Waals surface area contributed by atoms with E-state index in [1.165, 1.54) is 13.8 Å². The van der Waals surface area contributed by atoms with E-state index in [1.54, 1.807) is 36.0 Å². The number of esters is 1. The molecule has 2 heterocycles. The third-order valence-electron chi connectivity index (χ3n) is 10.1. The van der Waals surface area contributed by atoms with E-state index >= 15 is 0 Å². The fraction of sp³-hybridized carbons (Fsp3) is 0.452. The number of rotatable bonds is 10. The molecule has 3 atom stereocenters. The maximum Gasteiger partial charge on any atom is 0.302 e. The highest BCUT2D eigenvalue weighted by atomic mass is 16.5. The number of carbonyl (C=O) groups excluding carboxylic acids is 5. The van der Waals surface area contributed by atoms with Crippen LogP contribution in [0.15, 0.2) is 72.8 Å². The van der Waals surface area contributed by atoms with Crippen LogP contribution in [0.1, 0.15) is 98.0 Å². The van der Waals surface area contributed by atoms with Crippen LogP contribution >= 0.6 is 0 Å². The fourth-order valence-corrected chi connectivity index (χ4v) is 7.31. The van der Waals surface area contributed by atoms with E-state index in [4.69, 9.17) is 14.2 Å². The highest BCUT2D eigenvalue weighted by molar-refractivity contribution is 5.94. The lowest BCUT2D eigenvalue weighted by atomic mass is 9.87. The molecule has 4 amide bonds. The van der Waals surface area contributed by atoms with Gasteiger partial charge in [0.1, 0.15) is 23.5 Å². The molecule has 3 unspecified atom stereocenters. The minimum Gasteiger partial charge on any atom is -0.497 e. The SMILES string of the molecule is COc1ccc(C2Oc3ccc4cc3C2C(=O)N(CCCNC(=O)c2ccccc2)CCCCN(C(C)=O)CCCN(C(C)=O)C4CCOC(C)=O)cc1. The van der Waals surface area contributed by atoms with Crippen LogP contribution in [0.5, 0.6) is 11.5 Å². The second-order valence-electron chi connectivity index (χ2n) is 13.8. The van der Waals surface area contributed by atoms with Crippen molar-refractivity contribution in [3.8, 4) is 11.5 Å². The van der Waals surface area contributed by atoms with Gasteiger partial charge in [-0.05, 0) is 73.2 Å². The zero-order valence-corrected chi connectivity index (χ0v) is 31.8. The van der Waals surface area contributed by atoms with Crippen molar-refractivity contribution in [2.75, 3.05) is 53.0 Å². The van der Waals surface area contributed by atoms with Gasteiger partial charge in [0, 0.05) is 77.6 Å². The first-order valence-corrected chi connectivity index (χ1v) is 18.8. The number of fused-ring (bicyclic) bond motifs is 1. The molecule has 54 heavy (non-hydrogen) atoms. The monoisotopic (exact) mass is 740 g/mol. The van der Waals surface area contributed by atoms with Crippen LogP contribution in [-0.4, -0.2) is 97.3 Å². The summed E-state index contributed by atoms with van der Waals surface area (Å²) in [6.45, 7) is 7.13. The number of nitrogens with zero attached hydrogens (tertiary/aromatic N) is 3. The van der Waals surface area contributed by atoms with Gasteiger partial charge in [-0.1, -0.05) is 36.4 Å². The molecule has 288 valence electrons. The number of nitrogens with one attached hydrogen (secondary N) is 1. The number of benzene rings is 3. The quantitative estimate of drug-likeness (QED) is 0.215. The van der Waals surface area contributed by atoms with Gasteiger partial charge in [-0.2, -0.15) is 0 Å². The van der Waals surface area contributed by atoms with Crippen molar-refractivity contribution < 1.29 is 38.2 Å². The van der Waals surface area contributed by atoms with Gasteiger partial charge in [0.05, 0.1) is 19.8 Å². The van der Waals surface area contributed by atoms with Crippen molar-refractivity contribution in [3.05, 3.63) is 95.1 Å². The van der Waals surface area contributed by atoms with Crippen LogP contribution in [-0.2, 0) is 23.9 Å². The van der Waals surface area contributed by atoms with E-state index in [0.29, 0.717) is 88.4 Å². The van der Waals surface area contributed by atoms with Crippen LogP contribution in [0.2, 0.25) is 0 Å². The maximum absolute atomic E-state index is 15.0.